The topological polar surface area (TPSA) is 110 Å². The standard InChI is InChI=1S/C15H20N2O5/c1-4-15(5-2,14(19)20)9-16-13(18)11-6-10(3)7-12(8-11)17(21)22/h6-8H,4-5,9H2,1-3H3,(H,16,18)(H,19,20). The number of carboxylic acids is 1. The molecular formula is C15H20N2O5. The fourth-order valence-electron chi connectivity index (χ4n) is 2.23. The van der Waals surface area contributed by atoms with E-state index in [1.54, 1.807) is 20.8 Å². The maximum Gasteiger partial charge on any atom is 0.311 e. The first kappa shape index (κ1) is 17.6. The van der Waals surface area contributed by atoms with Crippen molar-refractivity contribution < 1.29 is 19.6 Å². The van der Waals surface area contributed by atoms with Crippen LogP contribution in [0.25, 0.3) is 0 Å². The smallest absolute Gasteiger partial charge is 0.311 e. The number of carbonyl (C=O) groups is 2. The molecule has 0 aliphatic rings. The van der Waals surface area contributed by atoms with Crippen LogP contribution in [-0.2, 0) is 4.79 Å². The molecule has 1 rings (SSSR count). The number of carbonyl (C=O) groups excluding carboxylic acids is 1. The summed E-state index contributed by atoms with van der Waals surface area (Å²) >= 11 is 0. The first-order valence-electron chi connectivity index (χ1n) is 7.03. The second-order valence-corrected chi connectivity index (χ2v) is 5.29. The Morgan fingerprint density at radius 3 is 2.32 bits per heavy atom. The summed E-state index contributed by atoms with van der Waals surface area (Å²) in [5.74, 6) is -1.48. The average Bonchev–Trinajstić information content (AvgIpc) is 2.47. The highest BCUT2D eigenvalue weighted by Crippen LogP contribution is 2.26. The summed E-state index contributed by atoms with van der Waals surface area (Å²) in [4.78, 5) is 33.8. The number of amides is 1. The van der Waals surface area contributed by atoms with Crippen molar-refractivity contribution in [2.75, 3.05) is 6.54 Å². The largest absolute Gasteiger partial charge is 0.481 e. The Morgan fingerprint density at radius 2 is 1.86 bits per heavy atom. The Balaban J connectivity index is 2.94. The van der Waals surface area contributed by atoms with Crippen LogP contribution in [0.15, 0.2) is 18.2 Å². The lowest BCUT2D eigenvalue weighted by atomic mass is 9.82. The van der Waals surface area contributed by atoms with Gasteiger partial charge in [-0.25, -0.2) is 0 Å². The highest BCUT2D eigenvalue weighted by molar-refractivity contribution is 5.95. The quantitative estimate of drug-likeness (QED) is 0.594. The van der Waals surface area contributed by atoms with Gasteiger partial charge in [-0.05, 0) is 31.4 Å². The Kier molecular flexibility index (Phi) is 5.62. The molecule has 0 aromatic heterocycles. The van der Waals surface area contributed by atoms with Crippen molar-refractivity contribution in [2.45, 2.75) is 33.6 Å². The van der Waals surface area contributed by atoms with Gasteiger partial charge in [-0.3, -0.25) is 19.7 Å². The Bertz CT molecular complexity index is 594. The number of carboxylic acid groups (broad SMARTS) is 1. The molecule has 0 spiro atoms. The molecule has 0 radical (unpaired) electrons. The van der Waals surface area contributed by atoms with Crippen LogP contribution in [0.4, 0.5) is 5.69 Å². The summed E-state index contributed by atoms with van der Waals surface area (Å²) in [5.41, 5.74) is -0.445. The summed E-state index contributed by atoms with van der Waals surface area (Å²) in [6, 6.07) is 4.09. The van der Waals surface area contributed by atoms with Crippen molar-refractivity contribution in [1.29, 1.82) is 0 Å². The van der Waals surface area contributed by atoms with Crippen molar-refractivity contribution in [3.63, 3.8) is 0 Å². The van der Waals surface area contributed by atoms with E-state index < -0.39 is 22.2 Å². The van der Waals surface area contributed by atoms with Gasteiger partial charge in [0.25, 0.3) is 11.6 Å². The molecule has 7 heteroatoms. The number of benzene rings is 1. The van der Waals surface area contributed by atoms with E-state index in [2.05, 4.69) is 5.32 Å². The second-order valence-electron chi connectivity index (χ2n) is 5.29. The third kappa shape index (κ3) is 3.81. The van der Waals surface area contributed by atoms with Crippen LogP contribution in [0.3, 0.4) is 0 Å². The summed E-state index contributed by atoms with van der Waals surface area (Å²) in [5, 5.41) is 22.7. The third-order valence-electron chi connectivity index (χ3n) is 3.93. The Labute approximate surface area is 128 Å². The fourth-order valence-corrected chi connectivity index (χ4v) is 2.23. The molecule has 0 aliphatic heterocycles. The average molecular weight is 308 g/mol. The highest BCUT2D eigenvalue weighted by atomic mass is 16.6. The predicted octanol–water partition coefficient (Wildman–Crippen LogP) is 2.52. The van der Waals surface area contributed by atoms with Gasteiger partial charge in [-0.1, -0.05) is 13.8 Å². The van der Waals surface area contributed by atoms with E-state index in [1.807, 2.05) is 0 Å². The maximum absolute atomic E-state index is 12.1. The van der Waals surface area contributed by atoms with Crippen molar-refractivity contribution >= 4 is 17.6 Å². The van der Waals surface area contributed by atoms with Gasteiger partial charge in [-0.2, -0.15) is 0 Å². The van der Waals surface area contributed by atoms with Gasteiger partial charge in [0.15, 0.2) is 0 Å². The minimum atomic E-state index is -1.02. The summed E-state index contributed by atoms with van der Waals surface area (Å²) in [6.07, 6.45) is 0.764. The minimum absolute atomic E-state index is 0.0180. The molecule has 7 nitrogen and oxygen atoms in total. The molecule has 1 aromatic rings. The van der Waals surface area contributed by atoms with Crippen LogP contribution in [0.2, 0.25) is 0 Å². The SMILES string of the molecule is CCC(CC)(CNC(=O)c1cc(C)cc([N+](=O)[O-])c1)C(=O)O. The number of non-ortho nitro benzene ring substituents is 1. The van der Waals surface area contributed by atoms with E-state index in [0.29, 0.717) is 18.4 Å². The molecule has 1 aromatic carbocycles. The normalized spacial score (nSPS) is 11.0. The molecule has 0 saturated carbocycles. The lowest BCUT2D eigenvalue weighted by Gasteiger charge is -2.26. The predicted molar refractivity (Wildman–Crippen MR) is 80.8 cm³/mol. The number of nitro groups is 1. The zero-order valence-electron chi connectivity index (χ0n) is 12.9. The number of nitrogens with zero attached hydrogens (tertiary/aromatic N) is 1. The van der Waals surface area contributed by atoms with E-state index in [-0.39, 0.29) is 17.8 Å². The third-order valence-corrected chi connectivity index (χ3v) is 3.93. The number of aliphatic carboxylic acids is 1. The van der Waals surface area contributed by atoms with Gasteiger partial charge >= 0.3 is 5.97 Å². The molecule has 0 bridgehead atoms. The fraction of sp³-hybridized carbons (Fsp3) is 0.467. The number of aryl methyl sites for hydroxylation is 1. The molecule has 0 unspecified atom stereocenters. The Hall–Kier alpha value is -2.44. The van der Waals surface area contributed by atoms with Gasteiger partial charge in [-0.15, -0.1) is 0 Å². The molecule has 2 N–H and O–H groups in total. The van der Waals surface area contributed by atoms with Gasteiger partial charge in [0.1, 0.15) is 0 Å². The molecule has 22 heavy (non-hydrogen) atoms. The second kappa shape index (κ2) is 7.02. The van der Waals surface area contributed by atoms with Gasteiger partial charge in [0.05, 0.1) is 10.3 Å². The summed E-state index contributed by atoms with van der Waals surface area (Å²) < 4.78 is 0. The van der Waals surface area contributed by atoms with Crippen molar-refractivity contribution in [1.82, 2.24) is 5.32 Å². The van der Waals surface area contributed by atoms with Gasteiger partial charge in [0.2, 0.25) is 0 Å². The zero-order valence-corrected chi connectivity index (χ0v) is 12.9. The van der Waals surface area contributed by atoms with Crippen LogP contribution in [-0.4, -0.2) is 28.5 Å². The molecule has 0 fully saturated rings. The number of nitrogens with one attached hydrogen (secondary N) is 1. The first-order chi connectivity index (χ1) is 10.3. The molecule has 1 amide bonds. The van der Waals surface area contributed by atoms with E-state index in [0.717, 1.165) is 0 Å². The number of hydrogen-bond donors (Lipinski definition) is 2. The van der Waals surface area contributed by atoms with Crippen LogP contribution < -0.4 is 5.32 Å². The van der Waals surface area contributed by atoms with Crippen molar-refractivity contribution in [3.05, 3.63) is 39.4 Å². The van der Waals surface area contributed by atoms with E-state index in [4.69, 9.17) is 0 Å². The molecule has 0 heterocycles. The van der Waals surface area contributed by atoms with Crippen molar-refractivity contribution in [3.8, 4) is 0 Å². The van der Waals surface area contributed by atoms with Crippen LogP contribution in [0.1, 0.15) is 42.6 Å². The van der Waals surface area contributed by atoms with Gasteiger partial charge < -0.3 is 10.4 Å². The molecular weight excluding hydrogens is 288 g/mol. The molecule has 0 atom stereocenters. The van der Waals surface area contributed by atoms with Crippen LogP contribution in [0.5, 0.6) is 0 Å². The molecule has 0 aliphatic carbocycles. The minimum Gasteiger partial charge on any atom is -0.481 e. The summed E-state index contributed by atoms with van der Waals surface area (Å²) in [6.45, 7) is 5.14. The Morgan fingerprint density at radius 1 is 1.27 bits per heavy atom. The zero-order chi connectivity index (χ0) is 16.9. The molecule has 0 saturated heterocycles. The summed E-state index contributed by atoms with van der Waals surface area (Å²) in [7, 11) is 0. The lowest BCUT2D eigenvalue weighted by Crippen LogP contribution is -2.42. The van der Waals surface area contributed by atoms with E-state index in [1.165, 1.54) is 18.2 Å². The van der Waals surface area contributed by atoms with Crippen molar-refractivity contribution in [2.24, 2.45) is 5.41 Å². The van der Waals surface area contributed by atoms with E-state index in [9.17, 15) is 24.8 Å². The maximum atomic E-state index is 12.1. The monoisotopic (exact) mass is 308 g/mol. The number of rotatable bonds is 7. The highest BCUT2D eigenvalue weighted by Gasteiger charge is 2.35. The van der Waals surface area contributed by atoms with Crippen LogP contribution >= 0.6 is 0 Å². The number of nitro benzene ring substituents is 1. The van der Waals surface area contributed by atoms with Crippen LogP contribution in [0, 0.1) is 22.5 Å². The molecule has 120 valence electrons. The first-order valence-corrected chi connectivity index (χ1v) is 7.03. The van der Waals surface area contributed by atoms with E-state index >= 15 is 0 Å². The lowest BCUT2D eigenvalue weighted by molar-refractivity contribution is -0.384. The number of hydrogen-bond acceptors (Lipinski definition) is 4. The van der Waals surface area contributed by atoms with Gasteiger partial charge in [0, 0.05) is 24.2 Å².